The van der Waals surface area contributed by atoms with E-state index in [9.17, 15) is 13.2 Å². The van der Waals surface area contributed by atoms with Crippen LogP contribution in [0.15, 0.2) is 17.0 Å². The summed E-state index contributed by atoms with van der Waals surface area (Å²) in [4.78, 5) is 15.3. The summed E-state index contributed by atoms with van der Waals surface area (Å²) in [7, 11) is 2.17. The number of hydrogen-bond acceptors (Lipinski definition) is 6. The zero-order valence-electron chi connectivity index (χ0n) is 23.6. The summed E-state index contributed by atoms with van der Waals surface area (Å²) in [5, 5.41) is 3.03. The Hall–Kier alpha value is -1.68. The number of carbonyl (C=O) groups excluding carboxylic acids is 1. The highest BCUT2D eigenvalue weighted by atomic mass is 32.2. The van der Waals surface area contributed by atoms with E-state index in [4.69, 9.17) is 9.47 Å². The molecule has 8 nitrogen and oxygen atoms in total. The van der Waals surface area contributed by atoms with E-state index in [1.807, 2.05) is 0 Å². The third-order valence-corrected chi connectivity index (χ3v) is 10.4. The van der Waals surface area contributed by atoms with Crippen molar-refractivity contribution in [2.45, 2.75) is 95.2 Å². The second kappa shape index (κ2) is 13.4. The number of rotatable bonds is 11. The maximum atomic E-state index is 13.7. The first kappa shape index (κ1) is 29.9. The minimum atomic E-state index is -3.71. The van der Waals surface area contributed by atoms with E-state index in [-0.39, 0.29) is 18.6 Å². The first-order valence-corrected chi connectivity index (χ1v) is 15.2. The van der Waals surface area contributed by atoms with Crippen LogP contribution < -0.4 is 10.1 Å². The van der Waals surface area contributed by atoms with Crippen LogP contribution in [0.3, 0.4) is 0 Å². The molecule has 9 heteroatoms. The minimum Gasteiger partial charge on any atom is -0.497 e. The number of aryl methyl sites for hydroxylation is 2. The molecule has 2 aliphatic rings. The van der Waals surface area contributed by atoms with Crippen LogP contribution in [0.5, 0.6) is 5.75 Å². The average molecular weight is 538 g/mol. The van der Waals surface area contributed by atoms with Crippen molar-refractivity contribution in [3.63, 3.8) is 0 Å². The Balaban J connectivity index is 1.52. The van der Waals surface area contributed by atoms with Gasteiger partial charge in [0.25, 0.3) is 0 Å². The zero-order chi connectivity index (χ0) is 27.2. The molecular weight excluding hydrogens is 490 g/mol. The minimum absolute atomic E-state index is 0.131. The van der Waals surface area contributed by atoms with E-state index in [0.717, 1.165) is 25.7 Å². The number of benzene rings is 1. The number of methoxy groups -OCH3 is 1. The summed E-state index contributed by atoms with van der Waals surface area (Å²) in [6.07, 6.45) is 7.72. The van der Waals surface area contributed by atoms with Gasteiger partial charge in [0.15, 0.2) is 0 Å². The molecule has 1 aromatic rings. The third-order valence-electron chi connectivity index (χ3n) is 8.12. The van der Waals surface area contributed by atoms with Crippen LogP contribution in [0.25, 0.3) is 0 Å². The Morgan fingerprint density at radius 1 is 1.11 bits per heavy atom. The van der Waals surface area contributed by atoms with Crippen molar-refractivity contribution in [1.29, 1.82) is 0 Å². The molecule has 0 aromatic heterocycles. The van der Waals surface area contributed by atoms with Crippen molar-refractivity contribution in [2.75, 3.05) is 40.9 Å². The molecule has 2 fully saturated rings. The van der Waals surface area contributed by atoms with E-state index in [1.165, 1.54) is 25.7 Å². The van der Waals surface area contributed by atoms with Gasteiger partial charge in [-0.1, -0.05) is 6.42 Å². The first-order chi connectivity index (χ1) is 17.5. The van der Waals surface area contributed by atoms with Crippen LogP contribution in [-0.4, -0.2) is 82.6 Å². The summed E-state index contributed by atoms with van der Waals surface area (Å²) in [6.45, 7) is 6.67. The second-order valence-corrected chi connectivity index (χ2v) is 12.9. The van der Waals surface area contributed by atoms with Gasteiger partial charge in [-0.25, -0.2) is 8.42 Å². The molecule has 1 heterocycles. The van der Waals surface area contributed by atoms with Crippen LogP contribution in [0, 0.1) is 19.8 Å². The molecule has 0 radical (unpaired) electrons. The van der Waals surface area contributed by atoms with Gasteiger partial charge in [-0.15, -0.1) is 0 Å². The van der Waals surface area contributed by atoms with Crippen molar-refractivity contribution in [1.82, 2.24) is 14.5 Å². The smallest absolute Gasteiger partial charge is 0.248 e. The van der Waals surface area contributed by atoms with Gasteiger partial charge in [-0.3, -0.25) is 4.79 Å². The van der Waals surface area contributed by atoms with Gasteiger partial charge in [0.2, 0.25) is 15.9 Å². The SMILES string of the molecule is COc1cc(C)c(S(=O)(=O)N2CCCCC2COC(C)C(=O)NCCC2CCC(N(C)C)CC2)c(C)c1. The maximum absolute atomic E-state index is 13.7. The van der Waals surface area contributed by atoms with Gasteiger partial charge < -0.3 is 19.7 Å². The number of piperidine rings is 1. The van der Waals surface area contributed by atoms with E-state index < -0.39 is 16.1 Å². The monoisotopic (exact) mass is 537 g/mol. The first-order valence-electron chi connectivity index (χ1n) is 13.8. The van der Waals surface area contributed by atoms with E-state index >= 15 is 0 Å². The number of carbonyl (C=O) groups is 1. The van der Waals surface area contributed by atoms with E-state index in [0.29, 0.717) is 46.8 Å². The van der Waals surface area contributed by atoms with Crippen molar-refractivity contribution < 1.29 is 22.7 Å². The standard InChI is InChI=1S/C28H47N3O5S/c1-20-17-26(35-6)18-21(2)27(20)37(33,34)31-16-8-7-9-25(31)19-36-22(3)28(32)29-15-14-23-10-12-24(13-11-23)30(4)5/h17-18,22-25H,7-16,19H2,1-6H3,(H,29,32). The molecule has 2 unspecified atom stereocenters. The fraction of sp³-hybridized carbons (Fsp3) is 0.750. The molecule has 3 rings (SSSR count). The highest BCUT2D eigenvalue weighted by molar-refractivity contribution is 7.89. The Morgan fingerprint density at radius 3 is 2.35 bits per heavy atom. The predicted molar refractivity (Wildman–Crippen MR) is 146 cm³/mol. The lowest BCUT2D eigenvalue weighted by molar-refractivity contribution is -0.132. The molecule has 1 aliphatic carbocycles. The summed E-state index contributed by atoms with van der Waals surface area (Å²) in [6, 6.07) is 3.91. The lowest BCUT2D eigenvalue weighted by Crippen LogP contribution is -2.47. The Morgan fingerprint density at radius 2 is 1.76 bits per heavy atom. The molecule has 1 saturated carbocycles. The van der Waals surface area contributed by atoms with Gasteiger partial charge in [0.05, 0.1) is 18.6 Å². The van der Waals surface area contributed by atoms with E-state index in [2.05, 4.69) is 24.3 Å². The van der Waals surface area contributed by atoms with Gasteiger partial charge in [-0.2, -0.15) is 4.31 Å². The van der Waals surface area contributed by atoms with E-state index in [1.54, 1.807) is 44.3 Å². The van der Waals surface area contributed by atoms with Crippen LogP contribution >= 0.6 is 0 Å². The van der Waals surface area contributed by atoms with Crippen LogP contribution in [0.2, 0.25) is 0 Å². The summed E-state index contributed by atoms with van der Waals surface area (Å²) in [5.74, 6) is 1.18. The number of ether oxygens (including phenoxy) is 2. The molecule has 210 valence electrons. The summed E-state index contributed by atoms with van der Waals surface area (Å²) >= 11 is 0. The molecule has 1 amide bonds. The molecule has 37 heavy (non-hydrogen) atoms. The van der Waals surface area contributed by atoms with Crippen LogP contribution in [-0.2, 0) is 19.6 Å². The average Bonchev–Trinajstić information content (AvgIpc) is 2.86. The number of nitrogens with zero attached hydrogens (tertiary/aromatic N) is 2. The van der Waals surface area contributed by atoms with Crippen molar-refractivity contribution >= 4 is 15.9 Å². The fourth-order valence-corrected chi connectivity index (χ4v) is 7.93. The van der Waals surface area contributed by atoms with Crippen molar-refractivity contribution in [2.24, 2.45) is 5.92 Å². The maximum Gasteiger partial charge on any atom is 0.248 e. The molecule has 1 aliphatic heterocycles. The predicted octanol–water partition coefficient (Wildman–Crippen LogP) is 3.89. The van der Waals surface area contributed by atoms with Crippen LogP contribution in [0.4, 0.5) is 0 Å². The lowest BCUT2D eigenvalue weighted by atomic mass is 9.84. The quantitative estimate of drug-likeness (QED) is 0.461. The Labute approximate surface area is 224 Å². The lowest BCUT2D eigenvalue weighted by Gasteiger charge is -2.35. The normalized spacial score (nSPS) is 24.1. The number of nitrogens with one attached hydrogen (secondary N) is 1. The third kappa shape index (κ3) is 7.68. The Bertz CT molecular complexity index is 982. The van der Waals surface area contributed by atoms with Gasteiger partial charge in [0, 0.05) is 25.2 Å². The molecule has 2 atom stereocenters. The second-order valence-electron chi connectivity index (χ2n) is 11.0. The molecule has 1 N–H and O–H groups in total. The molecule has 1 aromatic carbocycles. The van der Waals surface area contributed by atoms with Crippen LogP contribution in [0.1, 0.15) is 69.4 Å². The highest BCUT2D eigenvalue weighted by Gasteiger charge is 2.36. The molecule has 1 saturated heterocycles. The summed E-state index contributed by atoms with van der Waals surface area (Å²) in [5.41, 5.74) is 1.34. The van der Waals surface area contributed by atoms with Gasteiger partial charge in [-0.05, 0) is 109 Å². The summed E-state index contributed by atoms with van der Waals surface area (Å²) < 4.78 is 40.3. The fourth-order valence-electron chi connectivity index (χ4n) is 5.83. The van der Waals surface area contributed by atoms with Crippen molar-refractivity contribution in [3.8, 4) is 5.75 Å². The van der Waals surface area contributed by atoms with Gasteiger partial charge >= 0.3 is 0 Å². The molecular formula is C28H47N3O5S. The highest BCUT2D eigenvalue weighted by Crippen LogP contribution is 2.32. The number of sulfonamides is 1. The Kier molecular flexibility index (Phi) is 10.8. The molecule has 0 spiro atoms. The van der Waals surface area contributed by atoms with Gasteiger partial charge in [0.1, 0.15) is 11.9 Å². The topological polar surface area (TPSA) is 88.2 Å². The number of amides is 1. The molecule has 0 bridgehead atoms. The largest absolute Gasteiger partial charge is 0.497 e. The zero-order valence-corrected chi connectivity index (χ0v) is 24.4. The number of hydrogen-bond donors (Lipinski definition) is 1. The van der Waals surface area contributed by atoms with Crippen molar-refractivity contribution in [3.05, 3.63) is 23.3 Å².